The highest BCUT2D eigenvalue weighted by molar-refractivity contribution is 5.71. The lowest BCUT2D eigenvalue weighted by atomic mass is 10.1. The van der Waals surface area contributed by atoms with E-state index >= 15 is 0 Å². The molecule has 1 unspecified atom stereocenters. The van der Waals surface area contributed by atoms with Gasteiger partial charge in [-0.2, -0.15) is 0 Å². The van der Waals surface area contributed by atoms with E-state index in [9.17, 15) is 14.4 Å². The molecular weight excluding hydrogens is 973 g/mol. The Kier molecular flexibility index (Phi) is 61.0. The van der Waals surface area contributed by atoms with Crippen molar-refractivity contribution in [3.05, 3.63) is 170 Å². The fraction of sp³-hybridized carbons (Fsp3) is 0.575. The number of rotatable bonds is 55. The molecule has 0 radical (unpaired) electrons. The number of carbonyl (C=O) groups is 3. The molecule has 0 saturated carbocycles. The third-order valence-corrected chi connectivity index (χ3v) is 12.7. The summed E-state index contributed by atoms with van der Waals surface area (Å²) in [4.78, 5) is 38.2. The first-order valence-corrected chi connectivity index (χ1v) is 31.6. The molecule has 0 saturated heterocycles. The van der Waals surface area contributed by atoms with Crippen molar-refractivity contribution in [1.29, 1.82) is 0 Å². The van der Waals surface area contributed by atoms with Gasteiger partial charge in [0.15, 0.2) is 6.10 Å². The molecule has 0 fully saturated rings. The molecule has 442 valence electrons. The van der Waals surface area contributed by atoms with E-state index in [1.54, 1.807) is 0 Å². The molecule has 6 heteroatoms. The summed E-state index contributed by atoms with van der Waals surface area (Å²) in [6.45, 7) is 6.28. The third kappa shape index (κ3) is 63.5. The quantitative estimate of drug-likeness (QED) is 0.0261. The number of ether oxygens (including phenoxy) is 3. The number of esters is 3. The monoisotopic (exact) mass is 1090 g/mol. The second-order valence-electron chi connectivity index (χ2n) is 20.2. The Morgan fingerprint density at radius 2 is 0.532 bits per heavy atom. The molecule has 0 aliphatic rings. The van der Waals surface area contributed by atoms with Gasteiger partial charge in [0, 0.05) is 19.3 Å². The van der Waals surface area contributed by atoms with Gasteiger partial charge >= 0.3 is 17.9 Å². The van der Waals surface area contributed by atoms with E-state index in [0.717, 1.165) is 109 Å². The Morgan fingerprint density at radius 1 is 0.266 bits per heavy atom. The zero-order chi connectivity index (χ0) is 57.1. The lowest BCUT2D eigenvalue weighted by Gasteiger charge is -2.18. The lowest BCUT2D eigenvalue weighted by Crippen LogP contribution is -2.30. The molecule has 0 rings (SSSR count). The van der Waals surface area contributed by atoms with Gasteiger partial charge in [-0.25, -0.2) is 0 Å². The first kappa shape index (κ1) is 73.8. The Balaban J connectivity index is 4.50. The van der Waals surface area contributed by atoms with Crippen molar-refractivity contribution >= 4 is 17.9 Å². The molecule has 0 aromatic rings. The van der Waals surface area contributed by atoms with Crippen LogP contribution in [0.4, 0.5) is 0 Å². The zero-order valence-electron chi connectivity index (χ0n) is 50.6. The summed E-state index contributed by atoms with van der Waals surface area (Å²) in [6, 6.07) is 0. The molecule has 0 N–H and O–H groups in total. The molecule has 1 atom stereocenters. The van der Waals surface area contributed by atoms with Crippen LogP contribution < -0.4 is 0 Å². The van der Waals surface area contributed by atoms with E-state index < -0.39 is 6.10 Å². The SMILES string of the molecule is CC/C=C\C/C=C\C/C=C\C/C=C\C/C=C\C/C=C\C/C=C\C/C=C\C/C=C\CCCC(=O)OCC(COC(=O)CC/C=C\C/C=C\C/C=C\C/C=C\CC)OC(=O)CCCCCCCCCCC/C=C\CCCCCCCC. The van der Waals surface area contributed by atoms with Gasteiger partial charge in [0.05, 0.1) is 0 Å². The van der Waals surface area contributed by atoms with Crippen LogP contribution in [0.15, 0.2) is 170 Å². The van der Waals surface area contributed by atoms with Crippen LogP contribution in [-0.4, -0.2) is 37.2 Å². The van der Waals surface area contributed by atoms with Crippen molar-refractivity contribution < 1.29 is 28.6 Å². The molecule has 0 spiro atoms. The molecule has 0 aliphatic heterocycles. The Morgan fingerprint density at radius 3 is 0.899 bits per heavy atom. The number of unbranched alkanes of at least 4 members (excludes halogenated alkanes) is 16. The number of allylic oxidation sites excluding steroid dienone is 28. The molecule has 0 bridgehead atoms. The summed E-state index contributed by atoms with van der Waals surface area (Å²) in [5, 5.41) is 0. The highest BCUT2D eigenvalue weighted by atomic mass is 16.6. The van der Waals surface area contributed by atoms with Crippen LogP contribution in [0.25, 0.3) is 0 Å². The predicted octanol–water partition coefficient (Wildman–Crippen LogP) is 21.9. The van der Waals surface area contributed by atoms with Crippen molar-refractivity contribution in [3.8, 4) is 0 Å². The van der Waals surface area contributed by atoms with Crippen LogP contribution in [0.5, 0.6) is 0 Å². The molecule has 79 heavy (non-hydrogen) atoms. The summed E-state index contributed by atoms with van der Waals surface area (Å²) in [6.07, 6.45) is 96.7. The second-order valence-corrected chi connectivity index (χ2v) is 20.2. The van der Waals surface area contributed by atoms with Crippen LogP contribution in [0, 0.1) is 0 Å². The first-order valence-electron chi connectivity index (χ1n) is 31.6. The van der Waals surface area contributed by atoms with E-state index in [1.165, 1.54) is 89.9 Å². The minimum Gasteiger partial charge on any atom is -0.462 e. The molecule has 0 aromatic heterocycles. The van der Waals surface area contributed by atoms with Crippen LogP contribution in [0.1, 0.15) is 252 Å². The summed E-state index contributed by atoms with van der Waals surface area (Å²) in [5.74, 6) is -1.08. The van der Waals surface area contributed by atoms with Gasteiger partial charge in [0.25, 0.3) is 0 Å². The van der Waals surface area contributed by atoms with Crippen molar-refractivity contribution in [2.75, 3.05) is 13.2 Å². The fourth-order valence-electron chi connectivity index (χ4n) is 8.04. The van der Waals surface area contributed by atoms with E-state index in [4.69, 9.17) is 14.2 Å². The molecule has 6 nitrogen and oxygen atoms in total. The van der Waals surface area contributed by atoms with Gasteiger partial charge in [-0.15, -0.1) is 0 Å². The summed E-state index contributed by atoms with van der Waals surface area (Å²) in [5.41, 5.74) is 0. The van der Waals surface area contributed by atoms with E-state index in [1.807, 2.05) is 12.2 Å². The summed E-state index contributed by atoms with van der Waals surface area (Å²) >= 11 is 0. The average molecular weight is 1090 g/mol. The smallest absolute Gasteiger partial charge is 0.306 e. The maximum absolute atomic E-state index is 12.9. The average Bonchev–Trinajstić information content (AvgIpc) is 3.45. The topological polar surface area (TPSA) is 78.9 Å². The molecular formula is C73H114O6. The largest absolute Gasteiger partial charge is 0.462 e. The molecule has 0 heterocycles. The van der Waals surface area contributed by atoms with Gasteiger partial charge in [0.1, 0.15) is 13.2 Å². The first-order chi connectivity index (χ1) is 39.0. The number of carbonyl (C=O) groups excluding carboxylic acids is 3. The van der Waals surface area contributed by atoms with Crippen LogP contribution in [0.2, 0.25) is 0 Å². The predicted molar refractivity (Wildman–Crippen MR) is 343 cm³/mol. The zero-order valence-corrected chi connectivity index (χ0v) is 50.6. The van der Waals surface area contributed by atoms with E-state index in [0.29, 0.717) is 19.3 Å². The second kappa shape index (κ2) is 65.3. The maximum Gasteiger partial charge on any atom is 0.306 e. The van der Waals surface area contributed by atoms with E-state index in [-0.39, 0.29) is 44.0 Å². The summed E-state index contributed by atoms with van der Waals surface area (Å²) < 4.78 is 16.8. The fourth-order valence-corrected chi connectivity index (χ4v) is 8.04. The van der Waals surface area contributed by atoms with Crippen molar-refractivity contribution in [1.82, 2.24) is 0 Å². The van der Waals surface area contributed by atoms with Gasteiger partial charge in [-0.1, -0.05) is 268 Å². The van der Waals surface area contributed by atoms with Gasteiger partial charge in [-0.3, -0.25) is 14.4 Å². The van der Waals surface area contributed by atoms with Gasteiger partial charge in [0.2, 0.25) is 0 Å². The molecule has 0 aliphatic carbocycles. The highest BCUT2D eigenvalue weighted by Gasteiger charge is 2.19. The third-order valence-electron chi connectivity index (χ3n) is 12.7. The van der Waals surface area contributed by atoms with Gasteiger partial charge < -0.3 is 14.2 Å². The molecule has 0 amide bonds. The molecule has 0 aromatic carbocycles. The number of hydrogen-bond donors (Lipinski definition) is 0. The van der Waals surface area contributed by atoms with Crippen LogP contribution in [0.3, 0.4) is 0 Å². The standard InChI is InChI=1S/C73H114O6/c1-4-7-10-13-16-19-22-25-27-29-31-32-33-34-35-36-37-38-39-40-42-43-45-48-51-54-57-60-63-66-72(75)78-69-70(68-77-71(74)65-62-59-56-53-50-47-24-21-18-15-12-9-6-3)79-73(76)67-64-61-58-55-52-49-46-44-41-30-28-26-23-20-17-14-11-8-5-2/h7,9-10,12,16,18-19,21,25-28,31-32,34-35,37-38,40,42,45,47-48,50,54,56-57,59,70H,4-6,8,11,13-15,17,20,22-24,29-30,33,36,39,41,43-44,46,49,51-53,55,58,60-69H2,1-3H3/b10-7-,12-9-,19-16-,21-18-,27-25-,28-26-,32-31-,35-34-,38-37-,42-40-,48-45-,50-47-,57-54-,59-56-. The Labute approximate surface area is 485 Å². The maximum atomic E-state index is 12.9. The van der Waals surface area contributed by atoms with Crippen molar-refractivity contribution in [2.24, 2.45) is 0 Å². The minimum atomic E-state index is -0.841. The van der Waals surface area contributed by atoms with Gasteiger partial charge in [-0.05, 0) is 135 Å². The Bertz CT molecular complexity index is 1820. The normalized spacial score (nSPS) is 13.3. The minimum absolute atomic E-state index is 0.138. The number of hydrogen-bond acceptors (Lipinski definition) is 6. The lowest BCUT2D eigenvalue weighted by molar-refractivity contribution is -0.166. The summed E-state index contributed by atoms with van der Waals surface area (Å²) in [7, 11) is 0. The van der Waals surface area contributed by atoms with Crippen molar-refractivity contribution in [3.63, 3.8) is 0 Å². The Hall–Kier alpha value is -5.23. The van der Waals surface area contributed by atoms with Crippen LogP contribution in [-0.2, 0) is 28.6 Å². The van der Waals surface area contributed by atoms with Crippen molar-refractivity contribution in [2.45, 2.75) is 258 Å². The highest BCUT2D eigenvalue weighted by Crippen LogP contribution is 2.14. The van der Waals surface area contributed by atoms with E-state index in [2.05, 4.69) is 179 Å². The van der Waals surface area contributed by atoms with Crippen LogP contribution >= 0.6 is 0 Å².